The molecular weight excluding hydrogens is 415 g/mol. The fraction of sp³-hybridized carbons (Fsp3) is 0.300. The van der Waals surface area contributed by atoms with Crippen LogP contribution in [0.4, 0.5) is 9.18 Å². The minimum Gasteiger partial charge on any atom is -0.443 e. The molecule has 0 aliphatic carbocycles. The first-order valence-corrected chi connectivity index (χ1v) is 9.25. The molecule has 0 radical (unpaired) electrons. The third kappa shape index (κ3) is 3.74. The van der Waals surface area contributed by atoms with Crippen molar-refractivity contribution in [2.45, 2.75) is 32.9 Å². The van der Waals surface area contributed by atoms with Crippen LogP contribution in [-0.4, -0.2) is 25.4 Å². The lowest BCUT2D eigenvalue weighted by Gasteiger charge is -2.20. The van der Waals surface area contributed by atoms with Crippen LogP contribution in [0.15, 0.2) is 33.9 Å². The molecule has 0 fully saturated rings. The molecular formula is C20H18ClFN4O4. The lowest BCUT2D eigenvalue weighted by Crippen LogP contribution is -2.40. The van der Waals surface area contributed by atoms with Crippen LogP contribution >= 0.6 is 11.6 Å². The summed E-state index contributed by atoms with van der Waals surface area (Å²) in [6, 6.07) is 6.65. The summed E-state index contributed by atoms with van der Waals surface area (Å²) < 4.78 is 21.8. The fourth-order valence-electron chi connectivity index (χ4n) is 3.06. The molecule has 2 aromatic heterocycles. The summed E-state index contributed by atoms with van der Waals surface area (Å²) in [6.45, 7) is 4.68. The molecule has 156 valence electrons. The minimum atomic E-state index is -0.841. The van der Waals surface area contributed by atoms with Crippen LogP contribution in [0.3, 0.4) is 0 Å². The van der Waals surface area contributed by atoms with Gasteiger partial charge in [0.25, 0.3) is 5.56 Å². The summed E-state index contributed by atoms with van der Waals surface area (Å²) in [5, 5.41) is 9.13. The first-order valence-electron chi connectivity index (χ1n) is 8.87. The number of aryl methyl sites for hydroxylation is 1. The van der Waals surface area contributed by atoms with Crippen molar-refractivity contribution in [2.75, 3.05) is 0 Å². The van der Waals surface area contributed by atoms with E-state index in [1.165, 1.54) is 19.2 Å². The van der Waals surface area contributed by atoms with Gasteiger partial charge in [-0.15, -0.1) is 0 Å². The van der Waals surface area contributed by atoms with Crippen molar-refractivity contribution in [3.63, 3.8) is 0 Å². The van der Waals surface area contributed by atoms with Gasteiger partial charge in [-0.25, -0.2) is 18.5 Å². The average molecular weight is 433 g/mol. The Morgan fingerprint density at radius 1 is 1.27 bits per heavy atom. The highest BCUT2D eigenvalue weighted by Crippen LogP contribution is 2.22. The van der Waals surface area contributed by atoms with Crippen molar-refractivity contribution in [3.8, 4) is 6.07 Å². The summed E-state index contributed by atoms with van der Waals surface area (Å²) >= 11 is 6.17. The Morgan fingerprint density at radius 3 is 2.53 bits per heavy atom. The maximum absolute atomic E-state index is 13.6. The zero-order valence-electron chi connectivity index (χ0n) is 16.7. The topological polar surface area (TPSA) is 99.0 Å². The number of halogens is 2. The highest BCUT2D eigenvalue weighted by molar-refractivity contribution is 6.31. The second-order valence-electron chi connectivity index (χ2n) is 7.67. The van der Waals surface area contributed by atoms with Crippen molar-refractivity contribution in [1.82, 2.24) is 13.7 Å². The molecule has 1 aromatic carbocycles. The largest absolute Gasteiger partial charge is 0.443 e. The van der Waals surface area contributed by atoms with Crippen LogP contribution in [0.5, 0.6) is 0 Å². The van der Waals surface area contributed by atoms with Gasteiger partial charge in [0.05, 0.1) is 23.6 Å². The molecule has 0 saturated carbocycles. The van der Waals surface area contributed by atoms with E-state index >= 15 is 0 Å². The SMILES string of the molecule is Cn1c(=O)n(Cc2cc(F)ccc2C#N)c(=O)c2cc(Cl)n(C(=O)OC(C)(C)C)c21. The van der Waals surface area contributed by atoms with Crippen molar-refractivity contribution < 1.29 is 13.9 Å². The smallest absolute Gasteiger partial charge is 0.421 e. The molecule has 0 unspecified atom stereocenters. The molecule has 0 amide bonds. The van der Waals surface area contributed by atoms with Crippen molar-refractivity contribution >= 4 is 28.7 Å². The monoisotopic (exact) mass is 432 g/mol. The van der Waals surface area contributed by atoms with Crippen molar-refractivity contribution in [1.29, 1.82) is 5.26 Å². The van der Waals surface area contributed by atoms with Gasteiger partial charge in [0, 0.05) is 7.05 Å². The average Bonchev–Trinajstić information content (AvgIpc) is 3.00. The molecule has 3 aromatic rings. The highest BCUT2D eigenvalue weighted by Gasteiger charge is 2.25. The summed E-state index contributed by atoms with van der Waals surface area (Å²) in [6.07, 6.45) is -0.841. The van der Waals surface area contributed by atoms with E-state index in [2.05, 4.69) is 0 Å². The number of hydrogen-bond donors (Lipinski definition) is 0. The first-order chi connectivity index (χ1) is 13.9. The summed E-state index contributed by atoms with van der Waals surface area (Å²) in [5.41, 5.74) is -2.04. The number of ether oxygens (including phenoxy) is 1. The predicted octanol–water partition coefficient (Wildman–Crippen LogP) is 3.00. The van der Waals surface area contributed by atoms with Gasteiger partial charge in [-0.05, 0) is 50.6 Å². The number of nitriles is 1. The molecule has 8 nitrogen and oxygen atoms in total. The molecule has 30 heavy (non-hydrogen) atoms. The Balaban J connectivity index is 2.24. The molecule has 0 bridgehead atoms. The maximum Gasteiger partial charge on any atom is 0.421 e. The molecule has 0 saturated heterocycles. The lowest BCUT2D eigenvalue weighted by atomic mass is 10.1. The second kappa shape index (κ2) is 7.46. The summed E-state index contributed by atoms with van der Waals surface area (Å²) in [7, 11) is 1.37. The standard InChI is InChI=1S/C20H18ClFN4O4/c1-20(2,3)30-19(29)26-15(21)8-14-16(26)24(4)18(28)25(17(14)27)10-12-7-13(22)6-5-11(12)9-23/h5-8H,10H2,1-4H3. The lowest BCUT2D eigenvalue weighted by molar-refractivity contribution is 0.0543. The molecule has 0 aliphatic rings. The first kappa shape index (κ1) is 21.3. The number of carbonyl (C=O) groups is 1. The van der Waals surface area contributed by atoms with Gasteiger partial charge in [0.1, 0.15) is 22.2 Å². The molecule has 3 rings (SSSR count). The van der Waals surface area contributed by atoms with E-state index in [0.717, 1.165) is 25.8 Å². The normalized spacial score (nSPS) is 11.5. The number of aromatic nitrogens is 3. The highest BCUT2D eigenvalue weighted by atomic mass is 35.5. The maximum atomic E-state index is 13.6. The van der Waals surface area contributed by atoms with E-state index in [1.807, 2.05) is 6.07 Å². The Bertz CT molecular complexity index is 1340. The molecule has 0 N–H and O–H groups in total. The number of rotatable bonds is 2. The zero-order chi connectivity index (χ0) is 22.4. The number of nitrogens with zero attached hydrogens (tertiary/aromatic N) is 4. The fourth-order valence-corrected chi connectivity index (χ4v) is 3.31. The van der Waals surface area contributed by atoms with Crippen LogP contribution in [0.1, 0.15) is 31.9 Å². The summed E-state index contributed by atoms with van der Waals surface area (Å²) in [4.78, 5) is 38.5. The quantitative estimate of drug-likeness (QED) is 0.619. The van der Waals surface area contributed by atoms with Gasteiger partial charge < -0.3 is 4.74 Å². The van der Waals surface area contributed by atoms with E-state index in [9.17, 15) is 24.0 Å². The van der Waals surface area contributed by atoms with E-state index in [1.54, 1.807) is 20.8 Å². The van der Waals surface area contributed by atoms with Gasteiger partial charge >= 0.3 is 11.8 Å². The van der Waals surface area contributed by atoms with E-state index < -0.39 is 28.8 Å². The van der Waals surface area contributed by atoms with E-state index in [0.29, 0.717) is 0 Å². The van der Waals surface area contributed by atoms with Crippen LogP contribution in [0.2, 0.25) is 5.15 Å². The Hall–Kier alpha value is -3.38. The van der Waals surface area contributed by atoms with Crippen LogP contribution in [0, 0.1) is 17.1 Å². The minimum absolute atomic E-state index is 0.00266. The molecule has 10 heteroatoms. The van der Waals surface area contributed by atoms with Gasteiger partial charge in [-0.1, -0.05) is 11.6 Å². The van der Waals surface area contributed by atoms with Gasteiger partial charge in [0.2, 0.25) is 0 Å². The van der Waals surface area contributed by atoms with Crippen molar-refractivity contribution in [3.05, 3.63) is 67.2 Å². The van der Waals surface area contributed by atoms with Gasteiger partial charge in [0.15, 0.2) is 0 Å². The molecule has 0 atom stereocenters. The van der Waals surface area contributed by atoms with Crippen LogP contribution in [-0.2, 0) is 18.3 Å². The zero-order valence-corrected chi connectivity index (χ0v) is 17.5. The third-order valence-corrected chi connectivity index (χ3v) is 4.61. The predicted molar refractivity (Wildman–Crippen MR) is 108 cm³/mol. The summed E-state index contributed by atoms with van der Waals surface area (Å²) in [5.74, 6) is -0.603. The van der Waals surface area contributed by atoms with Crippen LogP contribution < -0.4 is 11.2 Å². The Labute approximate surface area is 175 Å². The number of fused-ring (bicyclic) bond motifs is 1. The van der Waals surface area contributed by atoms with Gasteiger partial charge in [-0.2, -0.15) is 5.26 Å². The van der Waals surface area contributed by atoms with E-state index in [-0.39, 0.29) is 33.9 Å². The molecule has 0 spiro atoms. The number of hydrogen-bond acceptors (Lipinski definition) is 5. The Morgan fingerprint density at radius 2 is 1.93 bits per heavy atom. The van der Waals surface area contributed by atoms with Crippen molar-refractivity contribution in [2.24, 2.45) is 7.05 Å². The number of benzene rings is 1. The molecule has 2 heterocycles. The number of carbonyl (C=O) groups excluding carboxylic acids is 1. The van der Waals surface area contributed by atoms with E-state index in [4.69, 9.17) is 16.3 Å². The molecule has 0 aliphatic heterocycles. The third-order valence-electron chi connectivity index (χ3n) is 4.33. The Kier molecular flexibility index (Phi) is 5.31. The second-order valence-corrected chi connectivity index (χ2v) is 8.05. The van der Waals surface area contributed by atoms with Gasteiger partial charge in [-0.3, -0.25) is 13.9 Å². The van der Waals surface area contributed by atoms with Crippen LogP contribution in [0.25, 0.3) is 11.0 Å².